The molecule has 0 aliphatic carbocycles. The van der Waals surface area contributed by atoms with Crippen LogP contribution >= 0.6 is 0 Å². The Morgan fingerprint density at radius 2 is 2.46 bits per heavy atom. The van der Waals surface area contributed by atoms with Crippen LogP contribution in [0.2, 0.25) is 0 Å². The molecule has 0 fully saturated rings. The van der Waals surface area contributed by atoms with Crippen molar-refractivity contribution in [3.05, 3.63) is 23.6 Å². The predicted octanol–water partition coefficient (Wildman–Crippen LogP) is 0.626. The van der Waals surface area contributed by atoms with Crippen LogP contribution in [-0.2, 0) is 13.0 Å². The van der Waals surface area contributed by atoms with Gasteiger partial charge in [0, 0.05) is 19.5 Å². The number of nitrogens with zero attached hydrogens (tertiary/aromatic N) is 3. The van der Waals surface area contributed by atoms with Crippen LogP contribution in [0.4, 0.5) is 0 Å². The fourth-order valence-corrected chi connectivity index (χ4v) is 1.00. The molecule has 0 saturated heterocycles. The minimum atomic E-state index is 0.414. The Bertz CT molecular complexity index is 351. The van der Waals surface area contributed by atoms with Crippen molar-refractivity contribution in [1.29, 1.82) is 5.41 Å². The van der Waals surface area contributed by atoms with Gasteiger partial charge in [-0.3, -0.25) is 15.4 Å². The van der Waals surface area contributed by atoms with Gasteiger partial charge >= 0.3 is 0 Å². The highest BCUT2D eigenvalue weighted by atomic mass is 15.0. The Morgan fingerprint density at radius 3 is 3.08 bits per heavy atom. The average molecular weight is 178 g/mol. The molecule has 0 spiro atoms. The zero-order chi connectivity index (χ0) is 9.68. The standard InChI is InChI=1S/C9H14N4/c1-3-8-7-13(5-4-11-2)9(10)6-12-8/h4,6-7,10H,3,5H2,1-2H3. The molecule has 13 heavy (non-hydrogen) atoms. The Kier molecular flexibility index (Phi) is 3.37. The van der Waals surface area contributed by atoms with Gasteiger partial charge in [-0.15, -0.1) is 0 Å². The van der Waals surface area contributed by atoms with Gasteiger partial charge in [0.2, 0.25) is 0 Å². The molecule has 0 aliphatic rings. The second-order valence-corrected chi connectivity index (χ2v) is 2.71. The summed E-state index contributed by atoms with van der Waals surface area (Å²) in [5.74, 6) is 0. The first kappa shape index (κ1) is 9.64. The number of nitrogens with one attached hydrogen (secondary N) is 1. The highest BCUT2D eigenvalue weighted by Gasteiger charge is 1.93. The van der Waals surface area contributed by atoms with Gasteiger partial charge < -0.3 is 4.57 Å². The molecule has 0 atom stereocenters. The molecule has 0 radical (unpaired) electrons. The molecular weight excluding hydrogens is 164 g/mol. The first-order valence-electron chi connectivity index (χ1n) is 4.28. The number of rotatable bonds is 3. The first-order valence-corrected chi connectivity index (χ1v) is 4.28. The van der Waals surface area contributed by atoms with E-state index in [9.17, 15) is 0 Å². The molecule has 4 nitrogen and oxygen atoms in total. The molecule has 0 aliphatic heterocycles. The van der Waals surface area contributed by atoms with Gasteiger partial charge in [0.15, 0.2) is 0 Å². The summed E-state index contributed by atoms with van der Waals surface area (Å²) in [6, 6.07) is 0. The number of hydrogen-bond acceptors (Lipinski definition) is 3. The van der Waals surface area contributed by atoms with E-state index in [1.807, 2.05) is 17.7 Å². The number of aliphatic imine (C=N–C) groups is 1. The van der Waals surface area contributed by atoms with Crippen LogP contribution in [0.1, 0.15) is 12.6 Å². The molecule has 4 heteroatoms. The summed E-state index contributed by atoms with van der Waals surface area (Å²) in [6.07, 6.45) is 6.13. The van der Waals surface area contributed by atoms with Crippen molar-refractivity contribution in [3.63, 3.8) is 0 Å². The van der Waals surface area contributed by atoms with E-state index < -0.39 is 0 Å². The third-order valence-corrected chi connectivity index (χ3v) is 1.79. The van der Waals surface area contributed by atoms with Crippen molar-refractivity contribution in [1.82, 2.24) is 9.55 Å². The zero-order valence-corrected chi connectivity index (χ0v) is 7.99. The van der Waals surface area contributed by atoms with Crippen molar-refractivity contribution in [3.8, 4) is 0 Å². The zero-order valence-electron chi connectivity index (χ0n) is 7.99. The topological polar surface area (TPSA) is 54.0 Å². The summed E-state index contributed by atoms with van der Waals surface area (Å²) in [7, 11) is 1.73. The van der Waals surface area contributed by atoms with Gasteiger partial charge in [-0.1, -0.05) is 6.92 Å². The van der Waals surface area contributed by atoms with Crippen molar-refractivity contribution >= 4 is 6.21 Å². The predicted molar refractivity (Wildman–Crippen MR) is 51.9 cm³/mol. The molecular formula is C9H14N4. The van der Waals surface area contributed by atoms with Crippen molar-refractivity contribution < 1.29 is 0 Å². The van der Waals surface area contributed by atoms with E-state index in [0.717, 1.165) is 12.1 Å². The normalized spacial score (nSPS) is 10.9. The number of hydrogen-bond donors (Lipinski definition) is 1. The Hall–Kier alpha value is -1.45. The minimum Gasteiger partial charge on any atom is -0.325 e. The monoisotopic (exact) mass is 178 g/mol. The van der Waals surface area contributed by atoms with E-state index in [1.54, 1.807) is 19.5 Å². The molecule has 70 valence electrons. The Balaban J connectivity index is 2.97. The van der Waals surface area contributed by atoms with Crippen molar-refractivity contribution in [2.45, 2.75) is 19.9 Å². The number of aromatic nitrogens is 2. The molecule has 0 bridgehead atoms. The van der Waals surface area contributed by atoms with E-state index in [4.69, 9.17) is 5.41 Å². The molecule has 1 N–H and O–H groups in total. The Morgan fingerprint density at radius 1 is 1.69 bits per heavy atom. The SMILES string of the molecule is CCc1cn(CC=NC)c(=N)cn1. The lowest BCUT2D eigenvalue weighted by molar-refractivity contribution is 0.744. The van der Waals surface area contributed by atoms with E-state index in [-0.39, 0.29) is 0 Å². The molecule has 1 aromatic heterocycles. The second-order valence-electron chi connectivity index (χ2n) is 2.71. The maximum absolute atomic E-state index is 7.56. The third-order valence-electron chi connectivity index (χ3n) is 1.79. The summed E-state index contributed by atoms with van der Waals surface area (Å²) in [4.78, 5) is 7.99. The van der Waals surface area contributed by atoms with Gasteiger partial charge in [-0.25, -0.2) is 0 Å². The van der Waals surface area contributed by atoms with Crippen LogP contribution in [0.25, 0.3) is 0 Å². The van der Waals surface area contributed by atoms with Crippen LogP contribution < -0.4 is 5.49 Å². The lowest BCUT2D eigenvalue weighted by Gasteiger charge is -2.04. The van der Waals surface area contributed by atoms with Crippen LogP contribution in [0.15, 0.2) is 17.4 Å². The van der Waals surface area contributed by atoms with Crippen molar-refractivity contribution in [2.75, 3.05) is 7.05 Å². The quantitative estimate of drug-likeness (QED) is 0.678. The Labute approximate surface area is 77.5 Å². The van der Waals surface area contributed by atoms with E-state index in [1.165, 1.54) is 0 Å². The lowest BCUT2D eigenvalue weighted by Crippen LogP contribution is -2.21. The first-order chi connectivity index (χ1) is 6.27. The fraction of sp³-hybridized carbons (Fsp3) is 0.444. The van der Waals surface area contributed by atoms with Crippen LogP contribution in [0.5, 0.6) is 0 Å². The smallest absolute Gasteiger partial charge is 0.143 e. The molecule has 0 aromatic carbocycles. The van der Waals surface area contributed by atoms with Crippen molar-refractivity contribution in [2.24, 2.45) is 4.99 Å². The second kappa shape index (κ2) is 4.54. The molecule has 0 amide bonds. The largest absolute Gasteiger partial charge is 0.325 e. The number of aryl methyl sites for hydroxylation is 1. The summed E-state index contributed by atoms with van der Waals surface area (Å²) in [5, 5.41) is 7.56. The highest BCUT2D eigenvalue weighted by molar-refractivity contribution is 5.56. The molecule has 0 unspecified atom stereocenters. The summed E-state index contributed by atoms with van der Waals surface area (Å²) in [5.41, 5.74) is 1.41. The highest BCUT2D eigenvalue weighted by Crippen LogP contribution is 1.90. The molecule has 1 aromatic rings. The fourth-order valence-electron chi connectivity index (χ4n) is 1.00. The summed E-state index contributed by atoms with van der Waals surface area (Å²) in [6.45, 7) is 2.69. The molecule has 1 rings (SSSR count). The van der Waals surface area contributed by atoms with Crippen LogP contribution in [0.3, 0.4) is 0 Å². The minimum absolute atomic E-state index is 0.414. The van der Waals surface area contributed by atoms with E-state index in [2.05, 4.69) is 9.98 Å². The van der Waals surface area contributed by atoms with Crippen LogP contribution in [-0.4, -0.2) is 22.8 Å². The average Bonchev–Trinajstić information content (AvgIpc) is 2.17. The van der Waals surface area contributed by atoms with Crippen LogP contribution in [0, 0.1) is 5.41 Å². The van der Waals surface area contributed by atoms with E-state index in [0.29, 0.717) is 12.0 Å². The summed E-state index contributed by atoms with van der Waals surface area (Å²) >= 11 is 0. The van der Waals surface area contributed by atoms with Gasteiger partial charge in [-0.2, -0.15) is 0 Å². The molecule has 1 heterocycles. The lowest BCUT2D eigenvalue weighted by atomic mass is 10.3. The summed E-state index contributed by atoms with van der Waals surface area (Å²) < 4.78 is 1.82. The van der Waals surface area contributed by atoms with Gasteiger partial charge in [0.05, 0.1) is 18.4 Å². The van der Waals surface area contributed by atoms with E-state index >= 15 is 0 Å². The third kappa shape index (κ3) is 2.50. The van der Waals surface area contributed by atoms with Gasteiger partial charge in [-0.05, 0) is 6.42 Å². The molecule has 0 saturated carbocycles. The van der Waals surface area contributed by atoms with Gasteiger partial charge in [0.1, 0.15) is 5.49 Å². The maximum atomic E-state index is 7.56. The van der Waals surface area contributed by atoms with Gasteiger partial charge in [0.25, 0.3) is 0 Å². The maximum Gasteiger partial charge on any atom is 0.143 e.